The van der Waals surface area contributed by atoms with Gasteiger partial charge in [-0.1, -0.05) is 48.0 Å². The molecule has 0 radical (unpaired) electrons. The van der Waals surface area contributed by atoms with Gasteiger partial charge in [-0.25, -0.2) is 0 Å². The van der Waals surface area contributed by atoms with Crippen LogP contribution in [0.3, 0.4) is 0 Å². The zero-order valence-corrected chi connectivity index (χ0v) is 14.2. The van der Waals surface area contributed by atoms with Crippen molar-refractivity contribution in [3.63, 3.8) is 0 Å². The van der Waals surface area contributed by atoms with E-state index in [2.05, 4.69) is 44.9 Å². The van der Waals surface area contributed by atoms with E-state index >= 15 is 0 Å². The molecule has 0 fully saturated rings. The Hall–Kier alpha value is -2.66. The van der Waals surface area contributed by atoms with Gasteiger partial charge < -0.3 is 10.6 Å². The smallest absolute Gasteiger partial charge is 0.245 e. The number of anilines is 3. The lowest BCUT2D eigenvalue weighted by atomic mass is 10.1. The average molecular weight is 340 g/mol. The summed E-state index contributed by atoms with van der Waals surface area (Å²) >= 11 is 6.15. The summed E-state index contributed by atoms with van der Waals surface area (Å²) in [5.41, 5.74) is 3.04. The van der Waals surface area contributed by atoms with E-state index in [1.54, 1.807) is 6.20 Å². The number of nitrogens with zero attached hydrogens (tertiary/aromatic N) is 3. The minimum absolute atomic E-state index is 0.0806. The predicted molar refractivity (Wildman–Crippen MR) is 97.8 cm³/mol. The molecule has 2 aromatic carbocycles. The van der Waals surface area contributed by atoms with Crippen molar-refractivity contribution in [3.05, 3.63) is 70.9 Å². The Kier molecular flexibility index (Phi) is 4.91. The zero-order valence-electron chi connectivity index (χ0n) is 13.5. The number of benzene rings is 2. The molecule has 0 bridgehead atoms. The summed E-state index contributed by atoms with van der Waals surface area (Å²) in [7, 11) is 0. The van der Waals surface area contributed by atoms with Gasteiger partial charge in [0.1, 0.15) is 0 Å². The van der Waals surface area contributed by atoms with Crippen LogP contribution in [-0.2, 0) is 0 Å². The van der Waals surface area contributed by atoms with E-state index in [1.165, 1.54) is 0 Å². The lowest BCUT2D eigenvalue weighted by molar-refractivity contribution is 0.841. The van der Waals surface area contributed by atoms with Crippen molar-refractivity contribution < 1.29 is 0 Å². The molecule has 6 heteroatoms. The van der Waals surface area contributed by atoms with E-state index in [9.17, 15) is 0 Å². The summed E-state index contributed by atoms with van der Waals surface area (Å²) in [5, 5.41) is 15.2. The van der Waals surface area contributed by atoms with Crippen LogP contribution in [-0.4, -0.2) is 15.2 Å². The van der Waals surface area contributed by atoms with Crippen LogP contribution in [0, 0.1) is 6.92 Å². The number of aryl methyl sites for hydroxylation is 1. The van der Waals surface area contributed by atoms with Crippen molar-refractivity contribution in [1.82, 2.24) is 15.2 Å². The van der Waals surface area contributed by atoms with Crippen molar-refractivity contribution in [2.45, 2.75) is 19.9 Å². The first-order valence-electron chi connectivity index (χ1n) is 7.66. The molecule has 24 heavy (non-hydrogen) atoms. The molecular formula is C18H18ClN5. The fraction of sp³-hybridized carbons (Fsp3) is 0.167. The van der Waals surface area contributed by atoms with Gasteiger partial charge in [-0.15, -0.1) is 5.10 Å². The Balaban J connectivity index is 1.73. The van der Waals surface area contributed by atoms with E-state index < -0.39 is 0 Å². The molecule has 2 N–H and O–H groups in total. The first-order valence-corrected chi connectivity index (χ1v) is 8.04. The van der Waals surface area contributed by atoms with Crippen LogP contribution >= 0.6 is 11.6 Å². The molecular weight excluding hydrogens is 322 g/mol. The Labute approximate surface area is 146 Å². The van der Waals surface area contributed by atoms with Crippen molar-refractivity contribution in [1.29, 1.82) is 0 Å². The van der Waals surface area contributed by atoms with E-state index in [1.807, 2.05) is 43.3 Å². The van der Waals surface area contributed by atoms with Gasteiger partial charge >= 0.3 is 0 Å². The molecule has 1 unspecified atom stereocenters. The standard InChI is InChI=1S/C18H18ClN5/c1-12-8-9-15(10-16(12)19)22-17-11-20-24-18(23-17)21-13(2)14-6-4-3-5-7-14/h3-11,13H,1-2H3,(H2,21,22,23,24). The minimum atomic E-state index is 0.0806. The van der Waals surface area contributed by atoms with E-state index in [-0.39, 0.29) is 6.04 Å². The molecule has 0 saturated carbocycles. The number of hydrogen-bond donors (Lipinski definition) is 2. The van der Waals surface area contributed by atoms with Crippen LogP contribution in [0.4, 0.5) is 17.5 Å². The van der Waals surface area contributed by atoms with Crippen LogP contribution in [0.15, 0.2) is 54.7 Å². The van der Waals surface area contributed by atoms with Gasteiger partial charge in [0.2, 0.25) is 5.95 Å². The second-order valence-electron chi connectivity index (χ2n) is 5.53. The third-order valence-corrected chi connectivity index (χ3v) is 4.06. The number of halogens is 1. The van der Waals surface area contributed by atoms with Gasteiger partial charge in [0.05, 0.1) is 12.2 Å². The number of aromatic nitrogens is 3. The molecule has 1 atom stereocenters. The summed E-state index contributed by atoms with van der Waals surface area (Å²) in [5.74, 6) is 1.07. The Morgan fingerprint density at radius 3 is 2.62 bits per heavy atom. The van der Waals surface area contributed by atoms with Gasteiger partial charge in [-0.05, 0) is 37.1 Å². The molecule has 1 heterocycles. The molecule has 0 aliphatic heterocycles. The third-order valence-electron chi connectivity index (χ3n) is 3.65. The van der Waals surface area contributed by atoms with Gasteiger partial charge in [-0.2, -0.15) is 10.1 Å². The van der Waals surface area contributed by atoms with Crippen LogP contribution < -0.4 is 10.6 Å². The van der Waals surface area contributed by atoms with Crippen LogP contribution in [0.1, 0.15) is 24.1 Å². The van der Waals surface area contributed by atoms with Gasteiger partial charge in [-0.3, -0.25) is 0 Å². The first kappa shape index (κ1) is 16.2. The number of rotatable bonds is 5. The van der Waals surface area contributed by atoms with Crippen molar-refractivity contribution in [2.75, 3.05) is 10.6 Å². The predicted octanol–water partition coefficient (Wildman–Crippen LogP) is 4.75. The number of hydrogen-bond acceptors (Lipinski definition) is 5. The SMILES string of the molecule is Cc1ccc(Nc2cnnc(NC(C)c3ccccc3)n2)cc1Cl. The molecule has 3 rings (SSSR count). The monoisotopic (exact) mass is 339 g/mol. The van der Waals surface area contributed by atoms with Crippen molar-refractivity contribution in [3.8, 4) is 0 Å². The van der Waals surface area contributed by atoms with Crippen molar-refractivity contribution in [2.24, 2.45) is 0 Å². The zero-order chi connectivity index (χ0) is 16.9. The fourth-order valence-corrected chi connectivity index (χ4v) is 2.44. The maximum atomic E-state index is 6.15. The summed E-state index contributed by atoms with van der Waals surface area (Å²) in [6, 6.07) is 16.0. The Bertz CT molecular complexity index is 823. The first-order chi connectivity index (χ1) is 11.6. The lowest BCUT2D eigenvalue weighted by Gasteiger charge is -2.14. The molecule has 1 aromatic heterocycles. The summed E-state index contributed by atoms with van der Waals surface area (Å²) in [4.78, 5) is 4.45. The number of nitrogens with one attached hydrogen (secondary N) is 2. The molecule has 122 valence electrons. The minimum Gasteiger partial charge on any atom is -0.346 e. The van der Waals surface area contributed by atoms with Gasteiger partial charge in [0, 0.05) is 10.7 Å². The highest BCUT2D eigenvalue weighted by molar-refractivity contribution is 6.31. The highest BCUT2D eigenvalue weighted by Crippen LogP contribution is 2.23. The molecule has 0 saturated heterocycles. The normalized spacial score (nSPS) is 11.8. The molecule has 0 aliphatic carbocycles. The highest BCUT2D eigenvalue weighted by atomic mass is 35.5. The van der Waals surface area contributed by atoms with Crippen LogP contribution in [0.2, 0.25) is 5.02 Å². The second-order valence-corrected chi connectivity index (χ2v) is 5.94. The van der Waals surface area contributed by atoms with E-state index in [4.69, 9.17) is 11.6 Å². The summed E-state index contributed by atoms with van der Waals surface area (Å²) < 4.78 is 0. The molecule has 0 spiro atoms. The van der Waals surface area contributed by atoms with Crippen LogP contribution in [0.25, 0.3) is 0 Å². The molecule has 0 amide bonds. The van der Waals surface area contributed by atoms with Gasteiger partial charge in [0.15, 0.2) is 5.82 Å². The molecule has 5 nitrogen and oxygen atoms in total. The van der Waals surface area contributed by atoms with Gasteiger partial charge in [0.25, 0.3) is 0 Å². The van der Waals surface area contributed by atoms with Crippen LogP contribution in [0.5, 0.6) is 0 Å². The average Bonchev–Trinajstić information content (AvgIpc) is 2.59. The highest BCUT2D eigenvalue weighted by Gasteiger charge is 2.08. The third kappa shape index (κ3) is 4.00. The Morgan fingerprint density at radius 1 is 1.08 bits per heavy atom. The maximum Gasteiger partial charge on any atom is 0.245 e. The van der Waals surface area contributed by atoms with Crippen molar-refractivity contribution >= 4 is 29.1 Å². The maximum absolute atomic E-state index is 6.15. The Morgan fingerprint density at radius 2 is 1.88 bits per heavy atom. The largest absolute Gasteiger partial charge is 0.346 e. The summed E-state index contributed by atoms with van der Waals surface area (Å²) in [6.45, 7) is 4.02. The van der Waals surface area contributed by atoms with E-state index in [0.29, 0.717) is 16.8 Å². The molecule has 0 aliphatic rings. The molecule has 3 aromatic rings. The van der Waals surface area contributed by atoms with E-state index in [0.717, 1.165) is 16.8 Å². The lowest BCUT2D eigenvalue weighted by Crippen LogP contribution is -2.10. The quantitative estimate of drug-likeness (QED) is 0.702. The summed E-state index contributed by atoms with van der Waals surface area (Å²) in [6.07, 6.45) is 1.58. The second kappa shape index (κ2) is 7.27. The fourth-order valence-electron chi connectivity index (χ4n) is 2.26. The topological polar surface area (TPSA) is 62.7 Å².